The number of aryl methyl sites for hydroxylation is 1. The molecular weight excluding hydrogens is 747 g/mol. The van der Waals surface area contributed by atoms with Gasteiger partial charge in [0.15, 0.2) is 0 Å². The summed E-state index contributed by atoms with van der Waals surface area (Å²) in [5, 5.41) is 11.1. The molecule has 0 unspecified atom stereocenters. The Morgan fingerprint density at radius 1 is 1.08 bits per heavy atom. The molecular formula is C29H22FI2NO5S. The number of aliphatic hydroxyl groups excluding tert-OH is 1. The van der Waals surface area contributed by atoms with Gasteiger partial charge in [0.1, 0.15) is 34.5 Å². The van der Waals surface area contributed by atoms with E-state index in [-0.39, 0.29) is 35.4 Å². The minimum absolute atomic E-state index is 0.0779. The van der Waals surface area contributed by atoms with Gasteiger partial charge in [-0.05, 0) is 112 Å². The lowest BCUT2D eigenvalue weighted by molar-refractivity contribution is -0.138. The summed E-state index contributed by atoms with van der Waals surface area (Å²) in [6.45, 7) is 3.85. The van der Waals surface area contributed by atoms with Gasteiger partial charge in [0.05, 0.1) is 18.7 Å². The van der Waals surface area contributed by atoms with Gasteiger partial charge in [-0.25, -0.2) is 14.2 Å². The summed E-state index contributed by atoms with van der Waals surface area (Å²) in [7, 11) is 0. The monoisotopic (exact) mass is 769 g/mol. The van der Waals surface area contributed by atoms with E-state index in [2.05, 4.69) is 50.2 Å². The normalized spacial score (nSPS) is 15.2. The van der Waals surface area contributed by atoms with Crippen molar-refractivity contribution in [2.24, 2.45) is 4.99 Å². The van der Waals surface area contributed by atoms with Crippen LogP contribution >= 0.6 is 56.9 Å². The van der Waals surface area contributed by atoms with Crippen molar-refractivity contribution in [3.8, 4) is 5.75 Å². The van der Waals surface area contributed by atoms with Gasteiger partial charge < -0.3 is 14.6 Å². The molecule has 0 atom stereocenters. The van der Waals surface area contributed by atoms with Crippen molar-refractivity contribution in [2.45, 2.75) is 20.5 Å². The van der Waals surface area contributed by atoms with Crippen molar-refractivity contribution in [1.29, 1.82) is 0 Å². The van der Waals surface area contributed by atoms with Crippen molar-refractivity contribution in [2.75, 3.05) is 6.61 Å². The zero-order valence-electron chi connectivity index (χ0n) is 20.8. The number of esters is 1. The van der Waals surface area contributed by atoms with Gasteiger partial charge in [-0.2, -0.15) is 0 Å². The Bertz CT molecular complexity index is 1510. The highest BCUT2D eigenvalue weighted by Gasteiger charge is 2.34. The van der Waals surface area contributed by atoms with E-state index in [4.69, 9.17) is 9.47 Å². The van der Waals surface area contributed by atoms with Crippen LogP contribution in [-0.4, -0.2) is 28.6 Å². The second kappa shape index (κ2) is 13.1. The Morgan fingerprint density at radius 3 is 2.38 bits per heavy atom. The molecule has 0 fully saturated rings. The topological polar surface area (TPSA) is 85.2 Å². The highest BCUT2D eigenvalue weighted by Crippen LogP contribution is 2.40. The van der Waals surface area contributed by atoms with Crippen molar-refractivity contribution in [3.05, 3.63) is 112 Å². The van der Waals surface area contributed by atoms with Crippen molar-refractivity contribution < 1.29 is 28.6 Å². The largest absolute Gasteiger partial charge is 0.506 e. The van der Waals surface area contributed by atoms with Crippen LogP contribution in [0.2, 0.25) is 0 Å². The Morgan fingerprint density at radius 2 is 1.74 bits per heavy atom. The predicted octanol–water partition coefficient (Wildman–Crippen LogP) is 7.62. The van der Waals surface area contributed by atoms with E-state index in [9.17, 15) is 19.1 Å². The third-order valence-corrected chi connectivity index (χ3v) is 8.19. The van der Waals surface area contributed by atoms with Gasteiger partial charge in [-0.3, -0.25) is 4.79 Å². The molecule has 0 spiro atoms. The number of carbonyl (C=O) groups is 2. The number of aliphatic hydroxyl groups is 1. The van der Waals surface area contributed by atoms with Crippen LogP contribution in [0.1, 0.15) is 34.0 Å². The maximum Gasteiger partial charge on any atom is 0.344 e. The zero-order valence-corrected chi connectivity index (χ0v) is 26.0. The van der Waals surface area contributed by atoms with Gasteiger partial charge in [-0.1, -0.05) is 42.1 Å². The lowest BCUT2D eigenvalue weighted by Crippen LogP contribution is -2.14. The molecule has 1 aliphatic rings. The van der Waals surface area contributed by atoms with Crippen molar-refractivity contribution in [1.82, 2.24) is 0 Å². The van der Waals surface area contributed by atoms with E-state index >= 15 is 0 Å². The average Bonchev–Trinajstić information content (AvgIpc) is 3.19. The van der Waals surface area contributed by atoms with Gasteiger partial charge in [0.2, 0.25) is 0 Å². The number of halogens is 3. The summed E-state index contributed by atoms with van der Waals surface area (Å²) in [5.74, 6) is -1.19. The predicted molar refractivity (Wildman–Crippen MR) is 167 cm³/mol. The van der Waals surface area contributed by atoms with E-state index in [1.54, 1.807) is 50.3 Å². The molecule has 0 aromatic heterocycles. The first-order valence-electron chi connectivity index (χ1n) is 11.7. The highest BCUT2D eigenvalue weighted by molar-refractivity contribution is 14.1. The number of carbonyl (C=O) groups excluding carboxylic acids is 2. The van der Waals surface area contributed by atoms with Crippen LogP contribution in [0.5, 0.6) is 5.75 Å². The molecule has 0 aliphatic carbocycles. The maximum atomic E-state index is 13.2. The number of rotatable bonds is 7. The number of hydrogen-bond acceptors (Lipinski definition) is 6. The van der Waals surface area contributed by atoms with Crippen LogP contribution < -0.4 is 4.74 Å². The highest BCUT2D eigenvalue weighted by atomic mass is 127. The number of hydrogen-bond donors (Lipinski definition) is 1. The molecule has 0 saturated carbocycles. The number of benzene rings is 3. The molecule has 1 aliphatic heterocycles. The summed E-state index contributed by atoms with van der Waals surface area (Å²) in [6.07, 6.45) is 1.72. The van der Waals surface area contributed by atoms with Gasteiger partial charge in [0.25, 0.3) is 5.91 Å². The molecule has 4 rings (SSSR count). The fourth-order valence-corrected chi connectivity index (χ4v) is 6.79. The Labute approximate surface area is 256 Å². The number of aliphatic imine (C=N–C) groups is 1. The lowest BCUT2D eigenvalue weighted by Gasteiger charge is -2.12. The van der Waals surface area contributed by atoms with Crippen LogP contribution in [0.4, 0.5) is 4.39 Å². The number of nitrogens with zero attached hydrogens (tertiary/aromatic N) is 1. The van der Waals surface area contributed by atoms with Crippen molar-refractivity contribution in [3.63, 3.8) is 0 Å². The molecule has 3 aromatic carbocycles. The molecule has 0 bridgehead atoms. The standard InChI is InChI=1S/C29H22FI2NO5S/c1-3-37-29(36)24-25(34)23(39-28(24)33-27(35)20-7-5-4-6-16(20)2)14-18-12-21(31)26(22(32)13-18)38-15-17-8-10-19(30)11-9-17/h4-14,34H,3,15H2,1-2H3/b23-14-,33-28?. The Balaban J connectivity index is 1.63. The number of thioether (sulfide) groups is 1. The molecule has 10 heteroatoms. The second-order valence-corrected chi connectivity index (χ2v) is 11.7. The third kappa shape index (κ3) is 7.09. The van der Waals surface area contributed by atoms with Crippen LogP contribution in [0.25, 0.3) is 6.08 Å². The fourth-order valence-electron chi connectivity index (χ4n) is 3.65. The third-order valence-electron chi connectivity index (χ3n) is 5.56. The summed E-state index contributed by atoms with van der Waals surface area (Å²) in [6, 6.07) is 16.9. The maximum absolute atomic E-state index is 13.2. The van der Waals surface area contributed by atoms with Gasteiger partial charge in [0, 0.05) is 5.56 Å². The van der Waals surface area contributed by atoms with Crippen molar-refractivity contribution >= 4 is 79.9 Å². The molecule has 0 saturated heterocycles. The second-order valence-electron chi connectivity index (χ2n) is 8.32. The molecule has 0 radical (unpaired) electrons. The quantitative estimate of drug-likeness (QED) is 0.197. The van der Waals surface area contributed by atoms with E-state index < -0.39 is 11.9 Å². The lowest BCUT2D eigenvalue weighted by atomic mass is 10.1. The van der Waals surface area contributed by atoms with E-state index in [1.165, 1.54) is 12.1 Å². The number of ether oxygens (including phenoxy) is 2. The molecule has 3 aromatic rings. The summed E-state index contributed by atoms with van der Waals surface area (Å²) in [5.41, 5.74) is 2.61. The summed E-state index contributed by atoms with van der Waals surface area (Å²) >= 11 is 5.36. The Hall–Kier alpha value is -2.71. The minimum Gasteiger partial charge on any atom is -0.506 e. The molecule has 1 N–H and O–H groups in total. The minimum atomic E-state index is -0.754. The van der Waals surface area contributed by atoms with Gasteiger partial charge >= 0.3 is 5.97 Å². The fraction of sp³-hybridized carbons (Fsp3) is 0.138. The van der Waals surface area contributed by atoms with Gasteiger partial charge in [-0.15, -0.1) is 0 Å². The first kappa shape index (κ1) is 29.3. The zero-order chi connectivity index (χ0) is 28.1. The molecule has 6 nitrogen and oxygen atoms in total. The summed E-state index contributed by atoms with van der Waals surface area (Å²) in [4.78, 5) is 30.2. The van der Waals surface area contributed by atoms with Crippen LogP contribution in [-0.2, 0) is 16.1 Å². The van der Waals surface area contributed by atoms with Crippen LogP contribution in [0.15, 0.2) is 81.9 Å². The summed E-state index contributed by atoms with van der Waals surface area (Å²) < 4.78 is 26.0. The van der Waals surface area contributed by atoms with Crippen LogP contribution in [0, 0.1) is 19.9 Å². The first-order chi connectivity index (χ1) is 18.7. The van der Waals surface area contributed by atoms with E-state index in [1.807, 2.05) is 18.2 Å². The molecule has 200 valence electrons. The Kier molecular flexibility index (Phi) is 9.83. The SMILES string of the molecule is CCOC(=O)C1=C(O)/C(=C/c2cc(I)c(OCc3ccc(F)cc3)c(I)c2)SC1=NC(=O)c1ccccc1C. The molecule has 1 amide bonds. The van der Waals surface area contributed by atoms with Crippen LogP contribution in [0.3, 0.4) is 0 Å². The van der Waals surface area contributed by atoms with E-state index in [0.717, 1.165) is 35.6 Å². The molecule has 39 heavy (non-hydrogen) atoms. The smallest absolute Gasteiger partial charge is 0.344 e. The average molecular weight is 769 g/mol. The molecule has 1 heterocycles. The first-order valence-corrected chi connectivity index (χ1v) is 14.7. The number of amides is 1. The van der Waals surface area contributed by atoms with E-state index in [0.29, 0.717) is 16.2 Å².